The maximum atomic E-state index is 13.7. The van der Waals surface area contributed by atoms with Crippen molar-refractivity contribution in [3.05, 3.63) is 51.6 Å². The molecule has 1 heterocycles. The van der Waals surface area contributed by atoms with Crippen molar-refractivity contribution < 1.29 is 49.4 Å². The quantitative estimate of drug-likeness (QED) is 0.120. The molecular formula is C27H30N2O10. The zero-order chi connectivity index (χ0) is 28.4. The Morgan fingerprint density at radius 1 is 1.15 bits per heavy atom. The minimum atomic E-state index is -1.85. The Bertz CT molecular complexity index is 1390. The zero-order valence-corrected chi connectivity index (χ0v) is 21.5. The summed E-state index contributed by atoms with van der Waals surface area (Å²) in [6.45, 7) is 2.99. The van der Waals surface area contributed by atoms with Crippen LogP contribution in [-0.4, -0.2) is 80.2 Å². The number of nitrogens with zero attached hydrogens (tertiary/aromatic N) is 1. The third-order valence-electron chi connectivity index (χ3n) is 7.97. The number of nitrogens with two attached hydrogens (primary N) is 1. The van der Waals surface area contributed by atoms with Crippen molar-refractivity contribution in [2.45, 2.75) is 69.4 Å². The number of benzene rings is 2. The predicted molar refractivity (Wildman–Crippen MR) is 135 cm³/mol. The molecule has 0 radical (unpaired) electrons. The molecule has 0 aromatic heterocycles. The van der Waals surface area contributed by atoms with Crippen molar-refractivity contribution in [2.24, 2.45) is 10.9 Å². The number of ether oxygens (including phenoxy) is 3. The second kappa shape index (κ2) is 9.57. The molecule has 0 unspecified atom stereocenters. The number of carbonyl (C=O) groups is 2. The summed E-state index contributed by atoms with van der Waals surface area (Å²) in [5, 5.41) is 57.1. The third-order valence-corrected chi connectivity index (χ3v) is 7.97. The number of aliphatic hydroxyl groups excluding tert-OH is 1. The highest BCUT2D eigenvalue weighted by molar-refractivity contribution is 6.31. The van der Waals surface area contributed by atoms with E-state index in [-0.39, 0.29) is 53.0 Å². The van der Waals surface area contributed by atoms with Crippen LogP contribution < -0.4 is 10.5 Å². The molecule has 3 aliphatic rings. The van der Waals surface area contributed by atoms with Crippen molar-refractivity contribution in [3.8, 4) is 17.2 Å². The molecule has 0 saturated carbocycles. The first-order valence-corrected chi connectivity index (χ1v) is 12.5. The molecule has 0 spiro atoms. The number of phenolic OH excluding ortho intramolecular Hbond substituents is 2. The molecule has 1 saturated heterocycles. The molecule has 2 aromatic carbocycles. The maximum absolute atomic E-state index is 13.7. The number of carbonyl (C=O) groups excluding carboxylic acids is 2. The summed E-state index contributed by atoms with van der Waals surface area (Å²) in [6, 6.07) is 3.77. The topological polar surface area (TPSA) is 201 Å². The van der Waals surface area contributed by atoms with Gasteiger partial charge in [0.1, 0.15) is 22.8 Å². The van der Waals surface area contributed by atoms with Gasteiger partial charge in [0.25, 0.3) is 0 Å². The minimum absolute atomic E-state index is 0.00869. The highest BCUT2D eigenvalue weighted by Crippen LogP contribution is 2.52. The van der Waals surface area contributed by atoms with E-state index >= 15 is 0 Å². The first-order chi connectivity index (χ1) is 18.4. The Hall–Kier alpha value is -3.55. The van der Waals surface area contributed by atoms with Gasteiger partial charge in [0, 0.05) is 42.0 Å². The normalized spacial score (nSPS) is 30.4. The fourth-order valence-corrected chi connectivity index (χ4v) is 5.76. The molecular weight excluding hydrogens is 512 g/mol. The lowest BCUT2D eigenvalue weighted by molar-refractivity contribution is -0.245. The molecule has 12 heteroatoms. The Morgan fingerprint density at radius 2 is 1.85 bits per heavy atom. The van der Waals surface area contributed by atoms with Gasteiger partial charge in [-0.2, -0.15) is 0 Å². The zero-order valence-electron chi connectivity index (χ0n) is 21.5. The fraction of sp³-hybridized carbons (Fsp3) is 0.444. The highest BCUT2D eigenvalue weighted by atomic mass is 16.7. The lowest BCUT2D eigenvalue weighted by atomic mass is 9.72. The number of phenols is 2. The predicted octanol–water partition coefficient (Wildman–Crippen LogP) is 1.29. The average Bonchev–Trinajstić information content (AvgIpc) is 2.90. The van der Waals surface area contributed by atoms with E-state index in [9.17, 15) is 35.2 Å². The van der Waals surface area contributed by atoms with E-state index in [0.29, 0.717) is 0 Å². The van der Waals surface area contributed by atoms with Gasteiger partial charge in [-0.25, -0.2) is 0 Å². The van der Waals surface area contributed by atoms with Gasteiger partial charge in [-0.1, -0.05) is 17.3 Å². The lowest BCUT2D eigenvalue weighted by Gasteiger charge is -2.42. The van der Waals surface area contributed by atoms with Crippen LogP contribution in [0.15, 0.2) is 23.4 Å². The van der Waals surface area contributed by atoms with Crippen molar-refractivity contribution >= 4 is 17.3 Å². The van der Waals surface area contributed by atoms with Crippen LogP contribution in [0.4, 0.5) is 0 Å². The number of hydrogen-bond acceptors (Lipinski definition) is 12. The molecule has 12 nitrogen and oxygen atoms in total. The standard InChI is InChI=1S/C27H30N2O10/c1-10-22(30)14(28)7-17(38-10)39-16-9-27(35,11(2)29-36)8-13-19(16)26(34)21-20(24(13)32)23(31)12-5-4-6-15(37-3)18(12)25(21)33/h4-6,10,14,16-17,22,30,32,34-36H,7-9,28H2,1-3H3/t10-,14-,16-,17-,22+,27-/m0/s1. The van der Waals surface area contributed by atoms with Crippen molar-refractivity contribution in [2.75, 3.05) is 7.11 Å². The summed E-state index contributed by atoms with van der Waals surface area (Å²) in [5.74, 6) is -2.51. The van der Waals surface area contributed by atoms with E-state index in [2.05, 4.69) is 5.16 Å². The molecule has 39 heavy (non-hydrogen) atoms. The van der Waals surface area contributed by atoms with E-state index in [1.165, 1.54) is 32.2 Å². The maximum Gasteiger partial charge on any atom is 0.202 e. The van der Waals surface area contributed by atoms with Gasteiger partial charge in [-0.05, 0) is 19.9 Å². The molecule has 1 aliphatic heterocycles. The van der Waals surface area contributed by atoms with Crippen molar-refractivity contribution in [3.63, 3.8) is 0 Å². The highest BCUT2D eigenvalue weighted by Gasteiger charge is 2.49. The molecule has 5 rings (SSSR count). The molecule has 0 amide bonds. The molecule has 6 atom stereocenters. The van der Waals surface area contributed by atoms with Crippen molar-refractivity contribution in [1.29, 1.82) is 0 Å². The third kappa shape index (κ3) is 4.07. The smallest absolute Gasteiger partial charge is 0.202 e. The Balaban J connectivity index is 1.69. The van der Waals surface area contributed by atoms with Gasteiger partial charge < -0.3 is 45.6 Å². The number of aromatic hydroxyl groups is 2. The number of rotatable bonds is 4. The number of hydrogen-bond donors (Lipinski definition) is 6. The van der Waals surface area contributed by atoms with Crippen LogP contribution in [0.2, 0.25) is 0 Å². The second-order valence-electron chi connectivity index (χ2n) is 10.3. The van der Waals surface area contributed by atoms with Crippen LogP contribution in [0.3, 0.4) is 0 Å². The van der Waals surface area contributed by atoms with Crippen LogP contribution in [0.25, 0.3) is 0 Å². The Morgan fingerprint density at radius 3 is 2.49 bits per heavy atom. The van der Waals surface area contributed by atoms with E-state index < -0.39 is 70.4 Å². The molecule has 208 valence electrons. The molecule has 2 aromatic rings. The largest absolute Gasteiger partial charge is 0.507 e. The van der Waals surface area contributed by atoms with E-state index in [1.54, 1.807) is 6.92 Å². The number of ketones is 2. The van der Waals surface area contributed by atoms with E-state index in [4.69, 9.17) is 19.9 Å². The van der Waals surface area contributed by atoms with Gasteiger partial charge in [0.05, 0.1) is 47.8 Å². The number of methoxy groups -OCH3 is 1. The summed E-state index contributed by atoms with van der Waals surface area (Å²) >= 11 is 0. The van der Waals surface area contributed by atoms with Crippen molar-refractivity contribution in [1.82, 2.24) is 0 Å². The molecule has 0 bridgehead atoms. The number of fused-ring (bicyclic) bond motifs is 3. The van der Waals surface area contributed by atoms with Crippen LogP contribution in [0.1, 0.15) is 75.8 Å². The first-order valence-electron chi connectivity index (χ1n) is 12.5. The second-order valence-corrected chi connectivity index (χ2v) is 10.3. The van der Waals surface area contributed by atoms with Crippen LogP contribution in [0.5, 0.6) is 17.2 Å². The minimum Gasteiger partial charge on any atom is -0.507 e. The Kier molecular flexibility index (Phi) is 6.64. The van der Waals surface area contributed by atoms with Crippen LogP contribution in [-0.2, 0) is 15.9 Å². The lowest BCUT2D eigenvalue weighted by Crippen LogP contribution is -2.52. The number of aliphatic hydroxyl groups is 2. The van der Waals surface area contributed by atoms with Gasteiger partial charge in [-0.15, -0.1) is 0 Å². The van der Waals surface area contributed by atoms with Crippen LogP contribution >= 0.6 is 0 Å². The van der Waals surface area contributed by atoms with Crippen LogP contribution in [0, 0.1) is 0 Å². The first kappa shape index (κ1) is 27.0. The summed E-state index contributed by atoms with van der Waals surface area (Å²) < 4.78 is 17.2. The fourth-order valence-electron chi connectivity index (χ4n) is 5.76. The molecule has 7 N–H and O–H groups in total. The summed E-state index contributed by atoms with van der Waals surface area (Å²) in [4.78, 5) is 27.2. The SMILES string of the molecule is COc1cccc2c1C(=O)c1c(O)c3c(c(O)c1C2=O)C[C@@](O)(C(C)=NO)C[C@@H]3O[C@H]1C[C@H](N)[C@H](O)[C@H](C)O1. The van der Waals surface area contributed by atoms with E-state index in [0.717, 1.165) is 0 Å². The average molecular weight is 543 g/mol. The summed E-state index contributed by atoms with van der Waals surface area (Å²) in [7, 11) is 1.34. The molecule has 2 aliphatic carbocycles. The number of oxime groups is 1. The molecule has 1 fully saturated rings. The van der Waals surface area contributed by atoms with Gasteiger partial charge >= 0.3 is 0 Å². The van der Waals surface area contributed by atoms with Gasteiger partial charge in [-0.3, -0.25) is 9.59 Å². The Labute approximate surface area is 223 Å². The summed E-state index contributed by atoms with van der Waals surface area (Å²) in [6.07, 6.45) is -4.34. The monoisotopic (exact) mass is 542 g/mol. The van der Waals surface area contributed by atoms with Gasteiger partial charge in [0.15, 0.2) is 12.1 Å². The van der Waals surface area contributed by atoms with Gasteiger partial charge in [0.2, 0.25) is 5.78 Å². The summed E-state index contributed by atoms with van der Waals surface area (Å²) in [5.41, 5.74) is 3.14. The van der Waals surface area contributed by atoms with E-state index in [1.807, 2.05) is 0 Å².